The van der Waals surface area contributed by atoms with Crippen molar-refractivity contribution in [2.75, 3.05) is 6.54 Å². The summed E-state index contributed by atoms with van der Waals surface area (Å²) in [6, 6.07) is 5.93. The van der Waals surface area contributed by atoms with Gasteiger partial charge >= 0.3 is 6.09 Å². The summed E-state index contributed by atoms with van der Waals surface area (Å²) in [6.45, 7) is 8.27. The Labute approximate surface area is 114 Å². The van der Waals surface area contributed by atoms with Gasteiger partial charge < -0.3 is 14.7 Å². The molecule has 1 N–H and O–H groups in total. The van der Waals surface area contributed by atoms with Crippen molar-refractivity contribution in [3.63, 3.8) is 0 Å². The molecule has 0 fully saturated rings. The number of β-amino-alcohol motifs (C(OH)–C–C–N with tert-alkyl or cyclic N) is 1. The van der Waals surface area contributed by atoms with Crippen LogP contribution in [0.4, 0.5) is 4.79 Å². The maximum atomic E-state index is 12.0. The fraction of sp³-hybridized carbons (Fsp3) is 0.533. The van der Waals surface area contributed by atoms with Crippen molar-refractivity contribution in [3.8, 4) is 0 Å². The van der Waals surface area contributed by atoms with E-state index >= 15 is 0 Å². The van der Waals surface area contributed by atoms with Crippen LogP contribution < -0.4 is 0 Å². The van der Waals surface area contributed by atoms with Gasteiger partial charge in [0.05, 0.1) is 12.6 Å². The topological polar surface area (TPSA) is 49.8 Å². The molecule has 19 heavy (non-hydrogen) atoms. The Morgan fingerprint density at radius 1 is 1.42 bits per heavy atom. The Morgan fingerprint density at radius 2 is 2.11 bits per heavy atom. The number of carbonyl (C=O) groups excluding carboxylic acids is 1. The zero-order valence-electron chi connectivity index (χ0n) is 11.9. The molecule has 1 aromatic carbocycles. The van der Waals surface area contributed by atoms with Crippen LogP contribution in [0.3, 0.4) is 0 Å². The van der Waals surface area contributed by atoms with Gasteiger partial charge in [-0.2, -0.15) is 0 Å². The van der Waals surface area contributed by atoms with Crippen molar-refractivity contribution in [2.24, 2.45) is 0 Å². The first kappa shape index (κ1) is 13.9. The molecule has 2 rings (SSSR count). The van der Waals surface area contributed by atoms with Gasteiger partial charge in [0.2, 0.25) is 0 Å². The van der Waals surface area contributed by atoms with E-state index in [0.717, 1.165) is 16.7 Å². The highest BCUT2D eigenvalue weighted by molar-refractivity contribution is 5.68. The Hall–Kier alpha value is -1.55. The molecule has 1 heterocycles. The summed E-state index contributed by atoms with van der Waals surface area (Å²) in [5.74, 6) is 0. The second-order valence-corrected chi connectivity index (χ2v) is 6.08. The molecule has 4 nitrogen and oxygen atoms in total. The molecule has 0 radical (unpaired) electrons. The minimum atomic E-state index is -0.642. The fourth-order valence-corrected chi connectivity index (χ4v) is 2.21. The van der Waals surface area contributed by atoms with Crippen molar-refractivity contribution in [2.45, 2.75) is 45.9 Å². The first-order valence-corrected chi connectivity index (χ1v) is 6.52. The number of carbonyl (C=O) groups is 1. The van der Waals surface area contributed by atoms with Crippen LogP contribution in [0.1, 0.15) is 43.6 Å². The van der Waals surface area contributed by atoms with E-state index in [1.807, 2.05) is 45.9 Å². The number of rotatable bonds is 0. The smallest absolute Gasteiger partial charge is 0.410 e. The summed E-state index contributed by atoms with van der Waals surface area (Å²) in [5.41, 5.74) is 2.49. The molecule has 1 aliphatic rings. The second-order valence-electron chi connectivity index (χ2n) is 6.08. The highest BCUT2D eigenvalue weighted by atomic mass is 16.6. The van der Waals surface area contributed by atoms with E-state index in [4.69, 9.17) is 4.74 Å². The molecule has 0 aliphatic carbocycles. The molecular weight excluding hydrogens is 242 g/mol. The number of aliphatic hydroxyl groups is 1. The van der Waals surface area contributed by atoms with Crippen LogP contribution in [0.5, 0.6) is 0 Å². The Bertz CT molecular complexity index is 491. The standard InChI is InChI=1S/C15H21NO3/c1-10-5-6-11-8-16(9-13(17)12(11)7-10)14(18)19-15(2,3)4/h5-7,13,17H,8-9H2,1-4H3. The third kappa shape index (κ3) is 3.26. The lowest BCUT2D eigenvalue weighted by Crippen LogP contribution is -2.41. The van der Waals surface area contributed by atoms with Gasteiger partial charge in [-0.25, -0.2) is 4.79 Å². The minimum absolute atomic E-state index is 0.283. The molecule has 0 bridgehead atoms. The van der Waals surface area contributed by atoms with E-state index in [1.165, 1.54) is 0 Å². The lowest BCUT2D eigenvalue weighted by atomic mass is 9.96. The molecule has 1 unspecified atom stereocenters. The van der Waals surface area contributed by atoms with Crippen molar-refractivity contribution in [1.82, 2.24) is 4.90 Å². The summed E-state index contributed by atoms with van der Waals surface area (Å²) in [5, 5.41) is 10.2. The van der Waals surface area contributed by atoms with Gasteiger partial charge in [-0.1, -0.05) is 23.8 Å². The summed E-state index contributed by atoms with van der Waals surface area (Å²) in [6.07, 6.45) is -1.02. The van der Waals surface area contributed by atoms with Crippen LogP contribution in [0.25, 0.3) is 0 Å². The monoisotopic (exact) mass is 263 g/mol. The van der Waals surface area contributed by atoms with Crippen LogP contribution in [0.15, 0.2) is 18.2 Å². The molecule has 1 aromatic rings. The first-order chi connectivity index (χ1) is 8.76. The third-order valence-corrected chi connectivity index (χ3v) is 3.07. The van der Waals surface area contributed by atoms with Crippen LogP contribution in [-0.2, 0) is 11.3 Å². The molecule has 1 aliphatic heterocycles. The lowest BCUT2D eigenvalue weighted by Gasteiger charge is -2.33. The van der Waals surface area contributed by atoms with Crippen LogP contribution >= 0.6 is 0 Å². The zero-order chi connectivity index (χ0) is 14.2. The average Bonchev–Trinajstić information content (AvgIpc) is 2.27. The number of aliphatic hydroxyl groups excluding tert-OH is 1. The van der Waals surface area contributed by atoms with Gasteiger partial charge in [0, 0.05) is 6.54 Å². The average molecular weight is 263 g/mol. The molecule has 4 heteroatoms. The van der Waals surface area contributed by atoms with E-state index in [0.29, 0.717) is 6.54 Å². The number of hydrogen-bond acceptors (Lipinski definition) is 3. The molecule has 0 aromatic heterocycles. The van der Waals surface area contributed by atoms with Crippen molar-refractivity contribution in [1.29, 1.82) is 0 Å². The van der Waals surface area contributed by atoms with Gasteiger partial charge in [-0.3, -0.25) is 0 Å². The fourth-order valence-electron chi connectivity index (χ4n) is 2.21. The predicted molar refractivity (Wildman–Crippen MR) is 72.8 cm³/mol. The molecule has 0 saturated heterocycles. The van der Waals surface area contributed by atoms with E-state index in [-0.39, 0.29) is 12.6 Å². The lowest BCUT2D eigenvalue weighted by molar-refractivity contribution is 0.00828. The van der Waals surface area contributed by atoms with E-state index in [2.05, 4.69) is 0 Å². The van der Waals surface area contributed by atoms with Crippen molar-refractivity contribution in [3.05, 3.63) is 34.9 Å². The second kappa shape index (κ2) is 4.85. The molecule has 0 spiro atoms. The normalized spacial score (nSPS) is 19.0. The summed E-state index contributed by atoms with van der Waals surface area (Å²) >= 11 is 0. The first-order valence-electron chi connectivity index (χ1n) is 6.52. The van der Waals surface area contributed by atoms with Gasteiger partial charge in [0.15, 0.2) is 0 Å². The number of aryl methyl sites for hydroxylation is 1. The Balaban J connectivity index is 2.17. The highest BCUT2D eigenvalue weighted by Crippen LogP contribution is 2.28. The van der Waals surface area contributed by atoms with E-state index in [9.17, 15) is 9.90 Å². The zero-order valence-corrected chi connectivity index (χ0v) is 11.9. The third-order valence-electron chi connectivity index (χ3n) is 3.07. The van der Waals surface area contributed by atoms with Gasteiger partial charge in [0.25, 0.3) is 0 Å². The molecular formula is C15H21NO3. The number of amides is 1. The van der Waals surface area contributed by atoms with Crippen LogP contribution in [-0.4, -0.2) is 28.2 Å². The number of fused-ring (bicyclic) bond motifs is 1. The van der Waals surface area contributed by atoms with Gasteiger partial charge in [0.1, 0.15) is 5.60 Å². The molecule has 104 valence electrons. The Morgan fingerprint density at radius 3 is 2.74 bits per heavy atom. The number of benzene rings is 1. The van der Waals surface area contributed by atoms with Gasteiger partial charge in [-0.05, 0) is 38.8 Å². The van der Waals surface area contributed by atoms with Crippen molar-refractivity contribution >= 4 is 6.09 Å². The maximum absolute atomic E-state index is 12.0. The molecule has 1 atom stereocenters. The van der Waals surface area contributed by atoms with Crippen LogP contribution in [0, 0.1) is 6.92 Å². The number of nitrogens with zero attached hydrogens (tertiary/aromatic N) is 1. The quantitative estimate of drug-likeness (QED) is 0.783. The predicted octanol–water partition coefficient (Wildman–Crippen LogP) is 2.78. The molecule has 1 amide bonds. The number of ether oxygens (including phenoxy) is 1. The van der Waals surface area contributed by atoms with Gasteiger partial charge in [-0.15, -0.1) is 0 Å². The highest BCUT2D eigenvalue weighted by Gasteiger charge is 2.29. The largest absolute Gasteiger partial charge is 0.444 e. The van der Waals surface area contributed by atoms with Crippen LogP contribution in [0.2, 0.25) is 0 Å². The van der Waals surface area contributed by atoms with E-state index < -0.39 is 11.7 Å². The minimum Gasteiger partial charge on any atom is -0.444 e. The van der Waals surface area contributed by atoms with Crippen molar-refractivity contribution < 1.29 is 14.6 Å². The Kier molecular flexibility index (Phi) is 3.54. The summed E-state index contributed by atoms with van der Waals surface area (Å²) in [7, 11) is 0. The molecule has 0 saturated carbocycles. The SMILES string of the molecule is Cc1ccc2c(c1)C(O)CN(C(=O)OC(C)(C)C)C2. The van der Waals surface area contributed by atoms with E-state index in [1.54, 1.807) is 4.90 Å². The number of hydrogen-bond donors (Lipinski definition) is 1. The summed E-state index contributed by atoms with van der Waals surface area (Å²) in [4.78, 5) is 13.6. The maximum Gasteiger partial charge on any atom is 0.410 e. The summed E-state index contributed by atoms with van der Waals surface area (Å²) < 4.78 is 5.34.